The van der Waals surface area contributed by atoms with Crippen molar-refractivity contribution in [1.82, 2.24) is 4.90 Å². The predicted octanol–water partition coefficient (Wildman–Crippen LogP) is 1.39. The summed E-state index contributed by atoms with van der Waals surface area (Å²) in [6.07, 6.45) is -2.73. The largest absolute Gasteiger partial charge is 0.457 e. The molecule has 1 aromatic carbocycles. The van der Waals surface area contributed by atoms with Crippen molar-refractivity contribution in [3.63, 3.8) is 0 Å². The van der Waals surface area contributed by atoms with Crippen molar-refractivity contribution in [1.29, 1.82) is 5.26 Å². The van der Waals surface area contributed by atoms with E-state index in [1.54, 1.807) is 12.1 Å². The van der Waals surface area contributed by atoms with Crippen LogP contribution < -0.4 is 0 Å². The molecule has 8 heteroatoms. The number of esters is 2. The van der Waals surface area contributed by atoms with Gasteiger partial charge in [0.2, 0.25) is 0 Å². The lowest BCUT2D eigenvalue weighted by atomic mass is 10.1. The van der Waals surface area contributed by atoms with Crippen LogP contribution in [0.15, 0.2) is 30.3 Å². The molecule has 0 bridgehead atoms. The first-order valence-electron chi connectivity index (χ1n) is 7.63. The first-order chi connectivity index (χ1) is 11.9. The highest BCUT2D eigenvalue weighted by atomic mass is 16.6. The van der Waals surface area contributed by atoms with Crippen LogP contribution in [-0.2, 0) is 30.4 Å². The summed E-state index contributed by atoms with van der Waals surface area (Å²) in [7, 11) is 0. The Morgan fingerprint density at radius 3 is 2.36 bits per heavy atom. The van der Waals surface area contributed by atoms with E-state index in [0.29, 0.717) is 0 Å². The number of amides is 1. The zero-order chi connectivity index (χ0) is 18.4. The van der Waals surface area contributed by atoms with Crippen LogP contribution in [0.1, 0.15) is 19.4 Å². The van der Waals surface area contributed by atoms with Gasteiger partial charge in [-0.1, -0.05) is 30.3 Å². The molecule has 0 aromatic heterocycles. The maximum absolute atomic E-state index is 12.3. The van der Waals surface area contributed by atoms with E-state index in [1.165, 1.54) is 13.8 Å². The summed E-state index contributed by atoms with van der Waals surface area (Å²) in [5.41, 5.74) is 0.789. The van der Waals surface area contributed by atoms with Gasteiger partial charge in [-0.05, 0) is 5.56 Å². The van der Waals surface area contributed by atoms with Gasteiger partial charge in [0, 0.05) is 13.8 Å². The second-order valence-corrected chi connectivity index (χ2v) is 5.49. The van der Waals surface area contributed by atoms with Gasteiger partial charge in [-0.15, -0.1) is 0 Å². The number of nitrogens with zero attached hydrogens (tertiary/aromatic N) is 2. The summed E-state index contributed by atoms with van der Waals surface area (Å²) in [4.78, 5) is 35.9. The lowest BCUT2D eigenvalue weighted by molar-refractivity contribution is -0.161. The zero-order valence-electron chi connectivity index (χ0n) is 13.9. The Balaban J connectivity index is 2.09. The van der Waals surface area contributed by atoms with Gasteiger partial charge in [-0.2, -0.15) is 5.26 Å². The Labute approximate surface area is 144 Å². The number of ether oxygens (including phenoxy) is 3. The first-order valence-corrected chi connectivity index (χ1v) is 7.63. The van der Waals surface area contributed by atoms with E-state index in [-0.39, 0.29) is 13.2 Å². The second kappa shape index (κ2) is 8.15. The number of hydrogen-bond acceptors (Lipinski definition) is 7. The number of hydrogen-bond donors (Lipinski definition) is 0. The van der Waals surface area contributed by atoms with Crippen molar-refractivity contribution in [3.8, 4) is 6.07 Å². The number of carbonyl (C=O) groups is 3. The van der Waals surface area contributed by atoms with Crippen molar-refractivity contribution in [2.24, 2.45) is 0 Å². The van der Waals surface area contributed by atoms with Crippen LogP contribution in [-0.4, -0.2) is 47.7 Å². The molecule has 1 aliphatic rings. The Bertz CT molecular complexity index is 684. The molecule has 25 heavy (non-hydrogen) atoms. The summed E-state index contributed by atoms with van der Waals surface area (Å²) in [5.74, 6) is -1.24. The molecule has 0 aliphatic carbocycles. The molecular weight excluding hydrogens is 328 g/mol. The molecule has 0 N–H and O–H groups in total. The summed E-state index contributed by atoms with van der Waals surface area (Å²) in [5, 5.41) is 9.37. The van der Waals surface area contributed by atoms with Crippen molar-refractivity contribution in [2.45, 2.75) is 38.7 Å². The standard InChI is InChI=1S/C17H18N2O6/c1-11(20)24-15-9-19(14(8-18)16(15)25-12(2)21)17(22)23-10-13-6-4-3-5-7-13/h3-7,14-16H,9-10H2,1-2H3/t14-,15-,16+/m0/s1. The minimum absolute atomic E-state index is 0.0325. The number of likely N-dealkylation sites (tertiary alicyclic amines) is 1. The van der Waals surface area contributed by atoms with E-state index in [0.717, 1.165) is 10.5 Å². The average molecular weight is 346 g/mol. The number of benzene rings is 1. The topological polar surface area (TPSA) is 106 Å². The fourth-order valence-corrected chi connectivity index (χ4v) is 2.57. The number of rotatable bonds is 4. The summed E-state index contributed by atoms with van der Waals surface area (Å²) in [6.45, 7) is 2.31. The van der Waals surface area contributed by atoms with Gasteiger partial charge in [-0.25, -0.2) is 4.79 Å². The van der Waals surface area contributed by atoms with Crippen LogP contribution in [0.3, 0.4) is 0 Å². The third-order valence-corrected chi connectivity index (χ3v) is 3.58. The summed E-state index contributed by atoms with van der Waals surface area (Å²) < 4.78 is 15.4. The Kier molecular flexibility index (Phi) is 5.95. The fourth-order valence-electron chi connectivity index (χ4n) is 2.57. The molecule has 1 aliphatic heterocycles. The molecule has 132 valence electrons. The Hall–Kier alpha value is -3.08. The molecule has 2 rings (SSSR count). The average Bonchev–Trinajstić information content (AvgIpc) is 2.90. The molecule has 1 amide bonds. The molecule has 0 radical (unpaired) electrons. The second-order valence-electron chi connectivity index (χ2n) is 5.49. The zero-order valence-corrected chi connectivity index (χ0v) is 13.9. The Morgan fingerprint density at radius 2 is 1.80 bits per heavy atom. The van der Waals surface area contributed by atoms with E-state index in [2.05, 4.69) is 0 Å². The van der Waals surface area contributed by atoms with Gasteiger partial charge in [0.25, 0.3) is 0 Å². The van der Waals surface area contributed by atoms with E-state index in [4.69, 9.17) is 14.2 Å². The summed E-state index contributed by atoms with van der Waals surface area (Å²) >= 11 is 0. The van der Waals surface area contributed by atoms with Crippen molar-refractivity contribution < 1.29 is 28.6 Å². The van der Waals surface area contributed by atoms with Gasteiger partial charge in [0.15, 0.2) is 18.2 Å². The van der Waals surface area contributed by atoms with Crippen molar-refractivity contribution in [2.75, 3.05) is 6.54 Å². The molecule has 1 saturated heterocycles. The van der Waals surface area contributed by atoms with Gasteiger partial charge in [0.05, 0.1) is 12.6 Å². The van der Waals surface area contributed by atoms with Gasteiger partial charge >= 0.3 is 18.0 Å². The van der Waals surface area contributed by atoms with Crippen LogP contribution in [0, 0.1) is 11.3 Å². The highest BCUT2D eigenvalue weighted by Crippen LogP contribution is 2.25. The molecule has 3 atom stereocenters. The van der Waals surface area contributed by atoms with Gasteiger partial charge in [0.1, 0.15) is 6.61 Å². The molecule has 0 spiro atoms. The van der Waals surface area contributed by atoms with Gasteiger partial charge in [-0.3, -0.25) is 14.5 Å². The van der Waals surface area contributed by atoms with Crippen LogP contribution >= 0.6 is 0 Å². The molecule has 0 saturated carbocycles. The van der Waals surface area contributed by atoms with Gasteiger partial charge < -0.3 is 14.2 Å². The van der Waals surface area contributed by atoms with E-state index in [9.17, 15) is 19.6 Å². The molecule has 0 unspecified atom stereocenters. The normalized spacial score (nSPS) is 22.0. The SMILES string of the molecule is CC(=O)O[C@H]1[C@@H](OC(C)=O)CN(C(=O)OCc2ccccc2)[C@H]1C#N. The molecular formula is C17H18N2O6. The van der Waals surface area contributed by atoms with Crippen LogP contribution in [0.4, 0.5) is 4.79 Å². The third-order valence-electron chi connectivity index (χ3n) is 3.58. The van der Waals surface area contributed by atoms with Crippen LogP contribution in [0.5, 0.6) is 0 Å². The number of carbonyl (C=O) groups excluding carboxylic acids is 3. The molecule has 1 heterocycles. The minimum atomic E-state index is -1.10. The fraction of sp³-hybridized carbons (Fsp3) is 0.412. The summed E-state index contributed by atoms with van der Waals surface area (Å²) in [6, 6.07) is 9.85. The number of nitriles is 1. The maximum atomic E-state index is 12.3. The van der Waals surface area contributed by atoms with E-state index >= 15 is 0 Å². The lowest BCUT2D eigenvalue weighted by Gasteiger charge is -2.21. The molecule has 1 aromatic rings. The quantitative estimate of drug-likeness (QED) is 0.599. The monoisotopic (exact) mass is 346 g/mol. The first kappa shape index (κ1) is 18.3. The van der Waals surface area contributed by atoms with Crippen molar-refractivity contribution >= 4 is 18.0 Å². The lowest BCUT2D eigenvalue weighted by Crippen LogP contribution is -2.41. The van der Waals surface area contributed by atoms with E-state index in [1.807, 2.05) is 24.3 Å². The third kappa shape index (κ3) is 4.70. The Morgan fingerprint density at radius 1 is 1.16 bits per heavy atom. The maximum Gasteiger partial charge on any atom is 0.411 e. The minimum Gasteiger partial charge on any atom is -0.457 e. The van der Waals surface area contributed by atoms with Crippen molar-refractivity contribution in [3.05, 3.63) is 35.9 Å². The van der Waals surface area contributed by atoms with Crippen LogP contribution in [0.25, 0.3) is 0 Å². The predicted molar refractivity (Wildman–Crippen MR) is 83.8 cm³/mol. The van der Waals surface area contributed by atoms with E-state index < -0.39 is 36.3 Å². The molecule has 8 nitrogen and oxygen atoms in total. The van der Waals surface area contributed by atoms with Crippen LogP contribution in [0.2, 0.25) is 0 Å². The smallest absolute Gasteiger partial charge is 0.411 e. The highest BCUT2D eigenvalue weighted by molar-refractivity contribution is 5.71. The highest BCUT2D eigenvalue weighted by Gasteiger charge is 2.49. The molecule has 1 fully saturated rings.